The second-order valence-corrected chi connectivity index (χ2v) is 17.2. The fraction of sp³-hybridized carbons (Fsp3) is 0.647. The van der Waals surface area contributed by atoms with Gasteiger partial charge in [-0.15, -0.1) is 0 Å². The monoisotopic (exact) mass is 324 g/mol. The van der Waals surface area contributed by atoms with Crippen molar-refractivity contribution in [2.24, 2.45) is 0 Å². The van der Waals surface area contributed by atoms with E-state index in [1.54, 1.807) is 0 Å². The van der Waals surface area contributed by atoms with E-state index in [4.69, 9.17) is 0 Å². The minimum absolute atomic E-state index is 0.504. The molecule has 1 atom stereocenters. The van der Waals surface area contributed by atoms with Gasteiger partial charge in [0, 0.05) is 0 Å². The molecule has 1 N–H and O–H groups in total. The molecule has 0 aromatic heterocycles. The van der Waals surface area contributed by atoms with Gasteiger partial charge in [0.15, 0.2) is 0 Å². The van der Waals surface area contributed by atoms with Crippen LogP contribution in [0.1, 0.15) is 52.5 Å². The van der Waals surface area contributed by atoms with Crippen molar-refractivity contribution >= 4 is 13.3 Å². The van der Waals surface area contributed by atoms with Crippen LogP contribution in [0.3, 0.4) is 0 Å². The van der Waals surface area contributed by atoms with Crippen molar-refractivity contribution in [1.82, 2.24) is 0 Å². The summed E-state index contributed by atoms with van der Waals surface area (Å²) in [4.78, 5) is 0. The van der Waals surface area contributed by atoms with Crippen LogP contribution in [0.15, 0.2) is 30.3 Å². The molecule has 0 amide bonds. The van der Waals surface area contributed by atoms with E-state index >= 15 is 0 Å². The van der Waals surface area contributed by atoms with Crippen molar-refractivity contribution in [3.8, 4) is 0 Å². The summed E-state index contributed by atoms with van der Waals surface area (Å²) >= 11 is -2.28. The first-order valence-electron chi connectivity index (χ1n) is 7.88. The SMILES string of the molecule is CCCC[C](O)(c1ccccc1)[Ge]([CH2]C)([CH2]C)[CH2]C. The summed E-state index contributed by atoms with van der Waals surface area (Å²) in [5.41, 5.74) is 1.18. The number of unbranched alkanes of at least 4 members (excludes halogenated alkanes) is 1. The van der Waals surface area contributed by atoms with Gasteiger partial charge < -0.3 is 0 Å². The normalized spacial score (nSPS) is 15.2. The van der Waals surface area contributed by atoms with Crippen molar-refractivity contribution in [1.29, 1.82) is 0 Å². The molecule has 0 aliphatic rings. The molecule has 19 heavy (non-hydrogen) atoms. The molecule has 1 unspecified atom stereocenters. The van der Waals surface area contributed by atoms with Crippen LogP contribution >= 0.6 is 0 Å². The van der Waals surface area contributed by atoms with E-state index < -0.39 is 17.7 Å². The Kier molecular flexibility index (Phi) is 6.61. The third-order valence-electron chi connectivity index (χ3n) is 5.05. The first-order chi connectivity index (χ1) is 9.10. The summed E-state index contributed by atoms with van der Waals surface area (Å²) in [6.07, 6.45) is 3.23. The predicted molar refractivity (Wildman–Crippen MR) is 87.1 cm³/mol. The summed E-state index contributed by atoms with van der Waals surface area (Å²) in [6.45, 7) is 9.11. The fourth-order valence-electron chi connectivity index (χ4n) is 3.49. The molecule has 0 fully saturated rings. The van der Waals surface area contributed by atoms with Crippen molar-refractivity contribution in [3.05, 3.63) is 35.9 Å². The second-order valence-electron chi connectivity index (χ2n) is 5.67. The quantitative estimate of drug-likeness (QED) is 0.659. The molecule has 2 heteroatoms. The van der Waals surface area contributed by atoms with Gasteiger partial charge in [-0.2, -0.15) is 0 Å². The Morgan fingerprint density at radius 2 is 1.47 bits per heavy atom. The maximum atomic E-state index is 11.6. The Morgan fingerprint density at radius 3 is 1.89 bits per heavy atom. The molecule has 1 nitrogen and oxygen atoms in total. The van der Waals surface area contributed by atoms with Gasteiger partial charge in [0.2, 0.25) is 0 Å². The molecule has 0 saturated heterocycles. The Morgan fingerprint density at radius 1 is 0.947 bits per heavy atom. The van der Waals surface area contributed by atoms with Crippen LogP contribution in [0, 0.1) is 0 Å². The Hall–Kier alpha value is -0.277. The number of rotatable bonds is 8. The third-order valence-corrected chi connectivity index (χ3v) is 18.4. The molecule has 1 rings (SSSR count). The van der Waals surface area contributed by atoms with E-state index in [2.05, 4.69) is 52.0 Å². The van der Waals surface area contributed by atoms with Gasteiger partial charge >= 0.3 is 121 Å². The van der Waals surface area contributed by atoms with Gasteiger partial charge in [-0.05, 0) is 0 Å². The maximum absolute atomic E-state index is 11.6. The summed E-state index contributed by atoms with van der Waals surface area (Å²) in [5, 5.41) is 15.2. The molecule has 0 saturated carbocycles. The van der Waals surface area contributed by atoms with Crippen LogP contribution < -0.4 is 0 Å². The van der Waals surface area contributed by atoms with Crippen LogP contribution in [0.25, 0.3) is 0 Å². The van der Waals surface area contributed by atoms with Crippen LogP contribution in [0.4, 0.5) is 0 Å². The zero-order chi connectivity index (χ0) is 14.4. The number of hydrogen-bond acceptors (Lipinski definition) is 1. The molecule has 0 aliphatic heterocycles. The zero-order valence-electron chi connectivity index (χ0n) is 13.1. The molecule has 1 aromatic rings. The van der Waals surface area contributed by atoms with Gasteiger partial charge in [-0.25, -0.2) is 0 Å². The topological polar surface area (TPSA) is 20.2 Å². The predicted octanol–water partition coefficient (Wildman–Crippen LogP) is 5.11. The van der Waals surface area contributed by atoms with E-state index in [-0.39, 0.29) is 0 Å². The van der Waals surface area contributed by atoms with Crippen molar-refractivity contribution in [2.45, 2.75) is 67.2 Å². The molecule has 0 heterocycles. The fourth-order valence-corrected chi connectivity index (χ4v) is 13.4. The molecule has 0 bridgehead atoms. The van der Waals surface area contributed by atoms with Gasteiger partial charge in [0.25, 0.3) is 0 Å². The molecular formula is C17H30GeO. The van der Waals surface area contributed by atoms with Crippen LogP contribution in [0.5, 0.6) is 0 Å². The van der Waals surface area contributed by atoms with Gasteiger partial charge in [-0.1, -0.05) is 0 Å². The Bertz CT molecular complexity index is 351. The molecular weight excluding hydrogens is 293 g/mol. The van der Waals surface area contributed by atoms with E-state index in [1.165, 1.54) is 21.3 Å². The van der Waals surface area contributed by atoms with E-state index in [1.807, 2.05) is 6.07 Å². The zero-order valence-corrected chi connectivity index (χ0v) is 15.2. The van der Waals surface area contributed by atoms with Crippen molar-refractivity contribution in [3.63, 3.8) is 0 Å². The van der Waals surface area contributed by atoms with Gasteiger partial charge in [0.1, 0.15) is 0 Å². The van der Waals surface area contributed by atoms with E-state index in [0.29, 0.717) is 0 Å². The van der Waals surface area contributed by atoms with E-state index in [9.17, 15) is 5.11 Å². The third kappa shape index (κ3) is 3.25. The summed E-state index contributed by atoms with van der Waals surface area (Å²) in [6, 6.07) is 10.5. The average Bonchev–Trinajstić information content (AvgIpc) is 2.48. The summed E-state index contributed by atoms with van der Waals surface area (Å²) in [7, 11) is 0. The van der Waals surface area contributed by atoms with Gasteiger partial charge in [0.05, 0.1) is 0 Å². The first-order valence-corrected chi connectivity index (χ1v) is 13.4. The second kappa shape index (κ2) is 7.49. The average molecular weight is 323 g/mol. The minimum atomic E-state index is -2.28. The summed E-state index contributed by atoms with van der Waals surface area (Å²) < 4.78 is -0.504. The standard InChI is InChI=1S/C17H30GeO/c1-5-9-15-17(19,16-13-11-10-12-14-16)18(6-2,7-3)8-4/h10-14,19H,5-9,15H2,1-4H3. The van der Waals surface area contributed by atoms with Crippen LogP contribution in [-0.2, 0) is 4.43 Å². The van der Waals surface area contributed by atoms with Crippen LogP contribution in [-0.4, -0.2) is 18.4 Å². The van der Waals surface area contributed by atoms with Gasteiger partial charge in [-0.3, -0.25) is 0 Å². The Labute approximate surface area is 121 Å². The molecule has 0 spiro atoms. The number of aliphatic hydroxyl groups is 1. The van der Waals surface area contributed by atoms with Crippen LogP contribution in [0.2, 0.25) is 15.8 Å². The van der Waals surface area contributed by atoms with E-state index in [0.717, 1.165) is 19.3 Å². The van der Waals surface area contributed by atoms with Crippen molar-refractivity contribution < 1.29 is 5.11 Å². The Balaban J connectivity index is 3.26. The molecule has 108 valence electrons. The summed E-state index contributed by atoms with van der Waals surface area (Å²) in [5.74, 6) is 0. The molecule has 1 aromatic carbocycles. The number of benzene rings is 1. The first kappa shape index (κ1) is 16.8. The molecule has 0 aliphatic carbocycles. The van der Waals surface area contributed by atoms with Crippen molar-refractivity contribution in [2.75, 3.05) is 0 Å². The molecule has 0 radical (unpaired) electrons. The number of hydrogen-bond donors (Lipinski definition) is 1.